The zero-order valence-corrected chi connectivity index (χ0v) is 5.26. The molecule has 0 bridgehead atoms. The Morgan fingerprint density at radius 3 is 2.75 bits per heavy atom. The van der Waals surface area contributed by atoms with E-state index in [0.29, 0.717) is 6.10 Å². The molecule has 1 rings (SSSR count). The van der Waals surface area contributed by atoms with Gasteiger partial charge in [-0.2, -0.15) is 0 Å². The van der Waals surface area contributed by atoms with E-state index < -0.39 is 0 Å². The fourth-order valence-corrected chi connectivity index (χ4v) is 0.985. The van der Waals surface area contributed by atoms with Gasteiger partial charge in [-0.3, -0.25) is 0 Å². The van der Waals surface area contributed by atoms with Crippen LogP contribution in [0, 0.1) is 5.92 Å². The van der Waals surface area contributed by atoms with Gasteiger partial charge >= 0.3 is 0 Å². The van der Waals surface area contributed by atoms with Crippen molar-refractivity contribution in [3.63, 3.8) is 0 Å². The Kier molecular flexibility index (Phi) is 1.69. The molecule has 0 aliphatic carbocycles. The van der Waals surface area contributed by atoms with E-state index in [1.165, 1.54) is 0 Å². The van der Waals surface area contributed by atoms with Crippen LogP contribution in [0.25, 0.3) is 0 Å². The largest absolute Gasteiger partial charge is 0.374 e. The molecule has 1 heteroatoms. The number of ether oxygens (including phenoxy) is 1. The monoisotopic (exact) mass is 112 g/mol. The molecule has 2 atom stereocenters. The van der Waals surface area contributed by atoms with Gasteiger partial charge in [-0.05, 0) is 12.3 Å². The first kappa shape index (κ1) is 5.83. The molecule has 0 N–H and O–H groups in total. The smallest absolute Gasteiger partial charge is 0.0756 e. The van der Waals surface area contributed by atoms with Crippen molar-refractivity contribution in [3.05, 3.63) is 12.7 Å². The summed E-state index contributed by atoms with van der Waals surface area (Å²) >= 11 is 0. The van der Waals surface area contributed by atoms with Crippen LogP contribution in [0.5, 0.6) is 0 Å². The fourth-order valence-electron chi connectivity index (χ4n) is 0.985. The van der Waals surface area contributed by atoms with E-state index in [1.54, 1.807) is 0 Å². The first-order chi connectivity index (χ1) is 3.83. The zero-order valence-electron chi connectivity index (χ0n) is 5.26. The summed E-state index contributed by atoms with van der Waals surface area (Å²) in [6.45, 7) is 6.76. The van der Waals surface area contributed by atoms with Gasteiger partial charge in [0, 0.05) is 0 Å². The third kappa shape index (κ3) is 1.10. The molecule has 0 radical (unpaired) electrons. The van der Waals surface area contributed by atoms with Gasteiger partial charge in [0.25, 0.3) is 0 Å². The van der Waals surface area contributed by atoms with Gasteiger partial charge in [-0.1, -0.05) is 13.0 Å². The van der Waals surface area contributed by atoms with Crippen LogP contribution in [0.3, 0.4) is 0 Å². The maximum absolute atomic E-state index is 5.30. The summed E-state index contributed by atoms with van der Waals surface area (Å²) < 4.78 is 5.30. The maximum atomic E-state index is 5.30. The minimum atomic E-state index is 0.338. The summed E-state index contributed by atoms with van der Waals surface area (Å²) in [4.78, 5) is 0. The molecule has 1 unspecified atom stereocenters. The van der Waals surface area contributed by atoms with E-state index in [0.717, 1.165) is 18.9 Å². The molecule has 0 spiro atoms. The molecule has 0 aromatic rings. The Balaban J connectivity index is 2.32. The van der Waals surface area contributed by atoms with E-state index in [-0.39, 0.29) is 0 Å². The van der Waals surface area contributed by atoms with Crippen LogP contribution in [0.15, 0.2) is 12.7 Å². The Morgan fingerprint density at radius 2 is 2.50 bits per heavy atom. The Morgan fingerprint density at radius 1 is 1.75 bits per heavy atom. The average Bonchev–Trinajstić information content (AvgIpc) is 2.14. The minimum Gasteiger partial charge on any atom is -0.374 e. The molecule has 1 aliphatic heterocycles. The summed E-state index contributed by atoms with van der Waals surface area (Å²) in [7, 11) is 0. The molecule has 1 aliphatic rings. The van der Waals surface area contributed by atoms with Gasteiger partial charge in [0.2, 0.25) is 0 Å². The molecule has 46 valence electrons. The standard InChI is InChI=1S/C7H12O/c1-3-7-4-6(2)5-8-7/h3,6-7H,1,4-5H2,2H3/t6-,7?/m1/s1. The first-order valence-corrected chi connectivity index (χ1v) is 3.07. The van der Waals surface area contributed by atoms with Gasteiger partial charge in [-0.25, -0.2) is 0 Å². The van der Waals surface area contributed by atoms with Crippen molar-refractivity contribution in [1.82, 2.24) is 0 Å². The number of hydrogen-bond donors (Lipinski definition) is 0. The predicted molar refractivity (Wildman–Crippen MR) is 33.7 cm³/mol. The Labute approximate surface area is 50.3 Å². The molecule has 1 heterocycles. The van der Waals surface area contributed by atoms with Crippen LogP contribution in [0.2, 0.25) is 0 Å². The SMILES string of the molecule is C=CC1C[C@@H](C)CO1. The van der Waals surface area contributed by atoms with Crippen molar-refractivity contribution in [3.8, 4) is 0 Å². The maximum Gasteiger partial charge on any atom is 0.0756 e. The number of rotatable bonds is 1. The molecule has 1 fully saturated rings. The molecule has 0 aromatic carbocycles. The third-order valence-electron chi connectivity index (χ3n) is 1.49. The van der Waals surface area contributed by atoms with Crippen LogP contribution in [0.4, 0.5) is 0 Å². The quantitative estimate of drug-likeness (QED) is 0.468. The molecule has 1 nitrogen and oxygen atoms in total. The zero-order chi connectivity index (χ0) is 5.98. The highest BCUT2D eigenvalue weighted by atomic mass is 16.5. The van der Waals surface area contributed by atoms with Gasteiger partial charge in [0.15, 0.2) is 0 Å². The summed E-state index contributed by atoms with van der Waals surface area (Å²) in [5.74, 6) is 0.734. The van der Waals surface area contributed by atoms with Crippen molar-refractivity contribution >= 4 is 0 Å². The van der Waals surface area contributed by atoms with Crippen molar-refractivity contribution in [2.24, 2.45) is 5.92 Å². The molecule has 0 amide bonds. The van der Waals surface area contributed by atoms with Crippen LogP contribution in [0.1, 0.15) is 13.3 Å². The lowest BCUT2D eigenvalue weighted by Gasteiger charge is -1.97. The topological polar surface area (TPSA) is 9.23 Å². The van der Waals surface area contributed by atoms with E-state index in [9.17, 15) is 0 Å². The highest BCUT2D eigenvalue weighted by Crippen LogP contribution is 2.18. The van der Waals surface area contributed by atoms with Crippen molar-refractivity contribution in [2.75, 3.05) is 6.61 Å². The lowest BCUT2D eigenvalue weighted by atomic mass is 10.1. The molecule has 0 saturated carbocycles. The van der Waals surface area contributed by atoms with Gasteiger partial charge < -0.3 is 4.74 Å². The lowest BCUT2D eigenvalue weighted by molar-refractivity contribution is 0.140. The molecule has 8 heavy (non-hydrogen) atoms. The van der Waals surface area contributed by atoms with Crippen LogP contribution < -0.4 is 0 Å². The minimum absolute atomic E-state index is 0.338. The number of hydrogen-bond acceptors (Lipinski definition) is 1. The van der Waals surface area contributed by atoms with Crippen molar-refractivity contribution < 1.29 is 4.74 Å². The highest BCUT2D eigenvalue weighted by Gasteiger charge is 2.18. The van der Waals surface area contributed by atoms with Crippen LogP contribution in [-0.2, 0) is 4.74 Å². The van der Waals surface area contributed by atoms with E-state index >= 15 is 0 Å². The normalized spacial score (nSPS) is 37.6. The lowest BCUT2D eigenvalue weighted by Crippen LogP contribution is -1.97. The molecular weight excluding hydrogens is 100 g/mol. The predicted octanol–water partition coefficient (Wildman–Crippen LogP) is 1.60. The summed E-state index contributed by atoms with van der Waals surface area (Å²) in [6.07, 6.45) is 3.37. The van der Waals surface area contributed by atoms with Crippen molar-refractivity contribution in [1.29, 1.82) is 0 Å². The van der Waals surface area contributed by atoms with Gasteiger partial charge in [0.05, 0.1) is 12.7 Å². The second-order valence-corrected chi connectivity index (χ2v) is 2.45. The van der Waals surface area contributed by atoms with Gasteiger partial charge in [0.1, 0.15) is 0 Å². The highest BCUT2D eigenvalue weighted by molar-refractivity contribution is 4.85. The third-order valence-corrected chi connectivity index (χ3v) is 1.49. The molecular formula is C7H12O. The van der Waals surface area contributed by atoms with E-state index in [4.69, 9.17) is 4.74 Å². The van der Waals surface area contributed by atoms with E-state index in [2.05, 4.69) is 13.5 Å². The molecule has 0 aromatic heterocycles. The Hall–Kier alpha value is -0.300. The average molecular weight is 112 g/mol. The van der Waals surface area contributed by atoms with Crippen molar-refractivity contribution in [2.45, 2.75) is 19.4 Å². The Bertz CT molecular complexity index is 88.4. The van der Waals surface area contributed by atoms with Gasteiger partial charge in [-0.15, -0.1) is 6.58 Å². The second-order valence-electron chi connectivity index (χ2n) is 2.45. The van der Waals surface area contributed by atoms with E-state index in [1.807, 2.05) is 6.08 Å². The fraction of sp³-hybridized carbons (Fsp3) is 0.714. The van der Waals surface area contributed by atoms with Crippen LogP contribution >= 0.6 is 0 Å². The van der Waals surface area contributed by atoms with Crippen LogP contribution in [-0.4, -0.2) is 12.7 Å². The summed E-state index contributed by atoms with van der Waals surface area (Å²) in [6, 6.07) is 0. The summed E-state index contributed by atoms with van der Waals surface area (Å²) in [5, 5.41) is 0. The summed E-state index contributed by atoms with van der Waals surface area (Å²) in [5.41, 5.74) is 0. The second kappa shape index (κ2) is 2.31. The first-order valence-electron chi connectivity index (χ1n) is 3.07. The molecule has 1 saturated heterocycles.